The second kappa shape index (κ2) is 9.16. The van der Waals surface area contributed by atoms with Gasteiger partial charge in [-0.1, -0.05) is 12.1 Å². The molecule has 1 aliphatic rings. The molecule has 3 aromatic rings. The Hall–Kier alpha value is -2.77. The normalized spacial score (nSPS) is 18.6. The number of hydrogen-bond acceptors (Lipinski definition) is 4. The van der Waals surface area contributed by atoms with Crippen LogP contribution < -0.4 is 5.32 Å². The van der Waals surface area contributed by atoms with Crippen LogP contribution in [0.4, 0.5) is 0 Å². The summed E-state index contributed by atoms with van der Waals surface area (Å²) in [5.74, 6) is 0. The van der Waals surface area contributed by atoms with E-state index in [1.54, 1.807) is 0 Å². The molecule has 31 heavy (non-hydrogen) atoms. The largest absolute Gasteiger partial charge is 0.352 e. The van der Waals surface area contributed by atoms with Gasteiger partial charge in [0.2, 0.25) is 0 Å². The van der Waals surface area contributed by atoms with Crippen molar-refractivity contribution in [3.8, 4) is 0 Å². The zero-order valence-corrected chi connectivity index (χ0v) is 19.4. The number of hydrogen-bond donors (Lipinski definition) is 1. The van der Waals surface area contributed by atoms with Crippen LogP contribution >= 0.6 is 12.2 Å². The maximum atomic E-state index is 5.79. The summed E-state index contributed by atoms with van der Waals surface area (Å²) in [6.45, 7) is 6.98. The van der Waals surface area contributed by atoms with E-state index in [-0.39, 0.29) is 12.1 Å². The third-order valence-electron chi connectivity index (χ3n) is 5.98. The van der Waals surface area contributed by atoms with Crippen molar-refractivity contribution in [2.24, 2.45) is 0 Å². The molecule has 6 nitrogen and oxygen atoms in total. The highest BCUT2D eigenvalue weighted by Gasteiger charge is 2.41. The molecule has 0 unspecified atom stereocenters. The quantitative estimate of drug-likeness (QED) is 0.575. The van der Waals surface area contributed by atoms with Crippen molar-refractivity contribution in [2.75, 3.05) is 27.2 Å². The fourth-order valence-electron chi connectivity index (χ4n) is 4.34. The van der Waals surface area contributed by atoms with Gasteiger partial charge in [0, 0.05) is 49.6 Å². The van der Waals surface area contributed by atoms with E-state index in [9.17, 15) is 0 Å². The lowest BCUT2D eigenvalue weighted by Gasteiger charge is -2.29. The van der Waals surface area contributed by atoms with Gasteiger partial charge in [0.1, 0.15) is 0 Å². The van der Waals surface area contributed by atoms with Gasteiger partial charge in [-0.15, -0.1) is 0 Å². The van der Waals surface area contributed by atoms with Crippen molar-refractivity contribution in [1.82, 2.24) is 29.7 Å². The van der Waals surface area contributed by atoms with E-state index >= 15 is 0 Å². The van der Waals surface area contributed by atoms with E-state index in [4.69, 9.17) is 12.2 Å². The summed E-state index contributed by atoms with van der Waals surface area (Å²) < 4.78 is 2.37. The minimum Gasteiger partial charge on any atom is -0.352 e. The van der Waals surface area contributed by atoms with E-state index in [1.165, 1.54) is 22.5 Å². The second-order valence-corrected chi connectivity index (χ2v) is 8.78. The Kier molecular flexibility index (Phi) is 6.34. The van der Waals surface area contributed by atoms with Crippen LogP contribution in [0.2, 0.25) is 0 Å². The van der Waals surface area contributed by atoms with Gasteiger partial charge in [-0.2, -0.15) is 0 Å². The third-order valence-corrected chi connectivity index (χ3v) is 6.33. The summed E-state index contributed by atoms with van der Waals surface area (Å²) in [7, 11) is 4.19. The van der Waals surface area contributed by atoms with Gasteiger partial charge in [0.25, 0.3) is 0 Å². The van der Waals surface area contributed by atoms with Crippen LogP contribution in [0.5, 0.6) is 0 Å². The fraction of sp³-hybridized carbons (Fsp3) is 0.375. The average Bonchev–Trinajstić information content (AvgIpc) is 3.24. The molecule has 0 amide bonds. The summed E-state index contributed by atoms with van der Waals surface area (Å²) in [5, 5.41) is 4.35. The lowest BCUT2D eigenvalue weighted by molar-refractivity contribution is 0.277. The predicted octanol–water partition coefficient (Wildman–Crippen LogP) is 3.48. The van der Waals surface area contributed by atoms with Crippen LogP contribution in [0, 0.1) is 13.8 Å². The van der Waals surface area contributed by atoms with Crippen molar-refractivity contribution in [1.29, 1.82) is 0 Å². The minimum atomic E-state index is 0.0169. The first-order valence-electron chi connectivity index (χ1n) is 10.6. The molecule has 0 bridgehead atoms. The lowest BCUT2D eigenvalue weighted by Crippen LogP contribution is -2.35. The molecule has 1 fully saturated rings. The summed E-state index contributed by atoms with van der Waals surface area (Å²) >= 11 is 5.79. The predicted molar refractivity (Wildman–Crippen MR) is 128 cm³/mol. The van der Waals surface area contributed by atoms with Crippen LogP contribution in [0.1, 0.15) is 40.3 Å². The smallest absolute Gasteiger partial charge is 0.170 e. The zero-order chi connectivity index (χ0) is 22.0. The number of nitrogens with one attached hydrogen (secondary N) is 1. The van der Waals surface area contributed by atoms with E-state index in [1.807, 2.05) is 36.8 Å². The molecule has 7 heteroatoms. The summed E-state index contributed by atoms with van der Waals surface area (Å²) in [4.78, 5) is 13.4. The van der Waals surface area contributed by atoms with Gasteiger partial charge in [0.05, 0.1) is 17.8 Å². The Morgan fingerprint density at radius 1 is 1.13 bits per heavy atom. The number of thiocarbonyl (C=S) groups is 1. The van der Waals surface area contributed by atoms with E-state index in [2.05, 4.69) is 75.8 Å². The van der Waals surface area contributed by atoms with Crippen LogP contribution in [0.15, 0.2) is 55.0 Å². The molecule has 1 saturated heterocycles. The summed E-state index contributed by atoms with van der Waals surface area (Å²) in [6.07, 6.45) is 5.60. The Labute approximate surface area is 189 Å². The standard InChI is InChI=1S/C24H30N6S/c1-17-14-20(18(2)30(17)16-19-8-7-10-25-15-19)23-22(21-9-5-6-11-26-21)27-24(31)29(23)13-12-28(3)4/h5-11,14-15,22-23H,12-13,16H2,1-4H3,(H,27,31)/t22-,23+/m1/s1. The monoisotopic (exact) mass is 434 g/mol. The molecule has 162 valence electrons. The molecule has 0 saturated carbocycles. The molecule has 0 aliphatic carbocycles. The van der Waals surface area contributed by atoms with E-state index in [0.717, 1.165) is 30.4 Å². The van der Waals surface area contributed by atoms with Crippen molar-refractivity contribution < 1.29 is 0 Å². The number of pyridine rings is 2. The maximum absolute atomic E-state index is 5.79. The maximum Gasteiger partial charge on any atom is 0.170 e. The summed E-state index contributed by atoms with van der Waals surface area (Å²) in [5.41, 5.74) is 6.00. The molecule has 2 atom stereocenters. The average molecular weight is 435 g/mol. The molecular weight excluding hydrogens is 404 g/mol. The SMILES string of the molecule is Cc1cc([C@H]2[C@@H](c3ccccn3)NC(=S)N2CCN(C)C)c(C)n1Cc1cccnc1. The van der Waals surface area contributed by atoms with Gasteiger partial charge in [-0.25, -0.2) is 0 Å². The Morgan fingerprint density at radius 3 is 2.65 bits per heavy atom. The highest BCUT2D eigenvalue weighted by molar-refractivity contribution is 7.80. The van der Waals surface area contributed by atoms with Gasteiger partial charge in [-0.05, 0) is 75.6 Å². The van der Waals surface area contributed by atoms with Crippen molar-refractivity contribution in [3.05, 3.63) is 83.2 Å². The molecule has 3 aromatic heterocycles. The number of likely N-dealkylation sites (N-methyl/N-ethyl adjacent to an activating group) is 1. The molecule has 0 radical (unpaired) electrons. The number of aromatic nitrogens is 3. The number of nitrogens with zero attached hydrogens (tertiary/aromatic N) is 5. The molecule has 1 aliphatic heterocycles. The van der Waals surface area contributed by atoms with E-state index in [0.29, 0.717) is 0 Å². The van der Waals surface area contributed by atoms with Gasteiger partial charge in [-0.3, -0.25) is 9.97 Å². The highest BCUT2D eigenvalue weighted by atomic mass is 32.1. The first-order chi connectivity index (χ1) is 15.0. The molecule has 4 rings (SSSR count). The van der Waals surface area contributed by atoms with Crippen LogP contribution in [0.25, 0.3) is 0 Å². The Bertz CT molecular complexity index is 1030. The fourth-order valence-corrected chi connectivity index (χ4v) is 4.67. The Morgan fingerprint density at radius 2 is 1.97 bits per heavy atom. The van der Waals surface area contributed by atoms with Gasteiger partial charge < -0.3 is 19.7 Å². The number of rotatable bonds is 7. The van der Waals surface area contributed by atoms with Crippen molar-refractivity contribution in [3.63, 3.8) is 0 Å². The lowest BCUT2D eigenvalue weighted by atomic mass is 9.97. The molecule has 0 aromatic carbocycles. The minimum absolute atomic E-state index is 0.0169. The Balaban J connectivity index is 1.73. The molecule has 1 N–H and O–H groups in total. The number of aryl methyl sites for hydroxylation is 1. The van der Waals surface area contributed by atoms with Gasteiger partial charge in [0.15, 0.2) is 5.11 Å². The van der Waals surface area contributed by atoms with Crippen LogP contribution in [-0.4, -0.2) is 56.6 Å². The van der Waals surface area contributed by atoms with Crippen molar-refractivity contribution in [2.45, 2.75) is 32.5 Å². The third kappa shape index (κ3) is 4.48. The highest BCUT2D eigenvalue weighted by Crippen LogP contribution is 2.40. The van der Waals surface area contributed by atoms with E-state index < -0.39 is 0 Å². The summed E-state index contributed by atoms with van der Waals surface area (Å²) in [6, 6.07) is 12.6. The first-order valence-corrected chi connectivity index (χ1v) is 11.0. The molecule has 0 spiro atoms. The zero-order valence-electron chi connectivity index (χ0n) is 18.6. The van der Waals surface area contributed by atoms with Gasteiger partial charge >= 0.3 is 0 Å². The topological polar surface area (TPSA) is 49.2 Å². The second-order valence-electron chi connectivity index (χ2n) is 8.40. The first kappa shape index (κ1) is 21.5. The molecular formula is C24H30N6S. The van der Waals surface area contributed by atoms with Crippen LogP contribution in [0.3, 0.4) is 0 Å². The van der Waals surface area contributed by atoms with Crippen LogP contribution in [-0.2, 0) is 6.54 Å². The molecule has 4 heterocycles. The van der Waals surface area contributed by atoms with Crippen molar-refractivity contribution >= 4 is 17.3 Å².